The van der Waals surface area contributed by atoms with Crippen LogP contribution in [-0.2, 0) is 32.1 Å². The molecule has 0 aliphatic carbocycles. The van der Waals surface area contributed by atoms with Crippen LogP contribution in [0.3, 0.4) is 0 Å². The highest BCUT2D eigenvalue weighted by atomic mass is 35.5. The molecule has 0 spiro atoms. The van der Waals surface area contributed by atoms with Gasteiger partial charge in [0, 0.05) is 32.0 Å². The molecule has 3 aromatic carbocycles. The Labute approximate surface area is 285 Å². The zero-order valence-corrected chi connectivity index (χ0v) is 28.6. The Balaban J connectivity index is 0.00000600. The molecule has 0 radical (unpaired) electrons. The SMILES string of the molecule is CCC(CC)C(=O)N(C(=O)[C@@H]1CCCN1)[C@H](Cc1ccc2ccccc2c1)C(=O)NCC(O)CNC[C@@H](C)OCc1ccccc1.Cl. The standard InChI is InChI=1S/C37H50N4O5.ClH/c1-4-29(5-2)36(44)41(37(45)33-16-11-19-39-33)34(21-28-17-18-30-14-9-10-15-31(30)20-28)35(43)40-24-32(42)23-38-22-26(3)46-25-27-12-7-6-8-13-27;/h6-10,12-15,17-18,20,26,29,32-34,38-39,42H,4-5,11,16,19,21-25H2,1-3H3,(H,40,43);1H/t26-,32?,33+,34-;/m1./s1. The van der Waals surface area contributed by atoms with Gasteiger partial charge in [-0.25, -0.2) is 0 Å². The maximum absolute atomic E-state index is 14.0. The maximum Gasteiger partial charge on any atom is 0.247 e. The second kappa shape index (κ2) is 19.5. The number of halogens is 1. The van der Waals surface area contributed by atoms with E-state index in [9.17, 15) is 19.5 Å². The van der Waals surface area contributed by atoms with E-state index < -0.39 is 24.1 Å². The van der Waals surface area contributed by atoms with E-state index in [1.54, 1.807) is 0 Å². The number of nitrogens with zero attached hydrogens (tertiary/aromatic N) is 1. The van der Waals surface area contributed by atoms with Crippen molar-refractivity contribution in [3.63, 3.8) is 0 Å². The van der Waals surface area contributed by atoms with Gasteiger partial charge in [0.1, 0.15) is 6.04 Å². The predicted molar refractivity (Wildman–Crippen MR) is 188 cm³/mol. The van der Waals surface area contributed by atoms with Crippen molar-refractivity contribution >= 4 is 40.9 Å². The number of hydrogen-bond acceptors (Lipinski definition) is 7. The van der Waals surface area contributed by atoms with Crippen LogP contribution >= 0.6 is 12.4 Å². The molecular weight excluding hydrogens is 616 g/mol. The van der Waals surface area contributed by atoms with Crippen LogP contribution in [0.25, 0.3) is 10.8 Å². The van der Waals surface area contributed by atoms with Crippen molar-refractivity contribution in [2.45, 2.75) is 83.8 Å². The number of aliphatic hydroxyl groups excluding tert-OH is 1. The van der Waals surface area contributed by atoms with E-state index in [0.29, 0.717) is 39.0 Å². The summed E-state index contributed by atoms with van der Waals surface area (Å²) >= 11 is 0. The Morgan fingerprint density at radius 1 is 0.936 bits per heavy atom. The maximum atomic E-state index is 14.0. The zero-order valence-electron chi connectivity index (χ0n) is 27.8. The van der Waals surface area contributed by atoms with Crippen molar-refractivity contribution in [1.82, 2.24) is 20.9 Å². The smallest absolute Gasteiger partial charge is 0.247 e. The Morgan fingerprint density at radius 2 is 1.64 bits per heavy atom. The van der Waals surface area contributed by atoms with Crippen LogP contribution in [-0.4, -0.2) is 78.2 Å². The third-order valence-electron chi connectivity index (χ3n) is 8.73. The Bertz CT molecular complexity index is 1400. The third kappa shape index (κ3) is 11.1. The van der Waals surface area contributed by atoms with Gasteiger partial charge in [-0.2, -0.15) is 0 Å². The molecule has 3 aromatic rings. The normalized spacial score (nSPS) is 16.3. The number of hydrogen-bond donors (Lipinski definition) is 4. The second-order valence-corrected chi connectivity index (χ2v) is 12.3. The number of benzene rings is 3. The summed E-state index contributed by atoms with van der Waals surface area (Å²) in [5.41, 5.74) is 1.94. The van der Waals surface area contributed by atoms with Crippen molar-refractivity contribution in [2.75, 3.05) is 26.2 Å². The fourth-order valence-electron chi connectivity index (χ4n) is 5.94. The number of rotatable bonds is 17. The summed E-state index contributed by atoms with van der Waals surface area (Å²) < 4.78 is 5.89. The number of carbonyl (C=O) groups is 3. The lowest BCUT2D eigenvalue weighted by Gasteiger charge is -2.34. The predicted octanol–water partition coefficient (Wildman–Crippen LogP) is 4.39. The van der Waals surface area contributed by atoms with Crippen LogP contribution in [0.4, 0.5) is 0 Å². The number of ether oxygens (including phenoxy) is 1. The monoisotopic (exact) mass is 666 g/mol. The lowest BCUT2D eigenvalue weighted by Crippen LogP contribution is -2.59. The molecule has 1 aliphatic heterocycles. The number of carbonyl (C=O) groups excluding carboxylic acids is 3. The molecule has 1 unspecified atom stereocenters. The number of nitrogens with one attached hydrogen (secondary N) is 3. The topological polar surface area (TPSA) is 120 Å². The fourth-order valence-corrected chi connectivity index (χ4v) is 5.94. The number of aliphatic hydroxyl groups is 1. The van der Waals surface area contributed by atoms with Crippen LogP contribution in [0.1, 0.15) is 57.6 Å². The van der Waals surface area contributed by atoms with Crippen molar-refractivity contribution in [2.24, 2.45) is 5.92 Å². The molecule has 9 nitrogen and oxygen atoms in total. The van der Waals surface area contributed by atoms with Gasteiger partial charge in [-0.05, 0) is 61.1 Å². The van der Waals surface area contributed by atoms with E-state index in [-0.39, 0.29) is 55.8 Å². The van der Waals surface area contributed by atoms with Crippen LogP contribution in [0.2, 0.25) is 0 Å². The van der Waals surface area contributed by atoms with Crippen LogP contribution in [0.5, 0.6) is 0 Å². The molecule has 256 valence electrons. The van der Waals surface area contributed by atoms with E-state index in [0.717, 1.165) is 28.3 Å². The quantitative estimate of drug-likeness (QED) is 0.169. The zero-order chi connectivity index (χ0) is 32.9. The first-order valence-electron chi connectivity index (χ1n) is 16.7. The van der Waals surface area contributed by atoms with Gasteiger partial charge in [-0.1, -0.05) is 86.6 Å². The van der Waals surface area contributed by atoms with Gasteiger partial charge in [-0.3, -0.25) is 19.3 Å². The van der Waals surface area contributed by atoms with Gasteiger partial charge < -0.3 is 25.8 Å². The van der Waals surface area contributed by atoms with Crippen LogP contribution < -0.4 is 16.0 Å². The van der Waals surface area contributed by atoms with Crippen molar-refractivity contribution < 1.29 is 24.2 Å². The molecule has 0 saturated carbocycles. The highest BCUT2D eigenvalue weighted by Gasteiger charge is 2.40. The lowest BCUT2D eigenvalue weighted by molar-refractivity contribution is -0.155. The molecular formula is C37H51ClN4O5. The molecule has 47 heavy (non-hydrogen) atoms. The summed E-state index contributed by atoms with van der Waals surface area (Å²) in [4.78, 5) is 43.1. The third-order valence-corrected chi connectivity index (χ3v) is 8.73. The van der Waals surface area contributed by atoms with Gasteiger partial charge >= 0.3 is 0 Å². The van der Waals surface area contributed by atoms with Gasteiger partial charge in [-0.15, -0.1) is 12.4 Å². The van der Waals surface area contributed by atoms with E-state index in [2.05, 4.69) is 16.0 Å². The second-order valence-electron chi connectivity index (χ2n) is 12.3. The summed E-state index contributed by atoms with van der Waals surface area (Å²) in [6.45, 7) is 7.77. The number of fused-ring (bicyclic) bond motifs is 1. The first-order chi connectivity index (χ1) is 22.3. The van der Waals surface area contributed by atoms with Crippen LogP contribution in [0, 0.1) is 5.92 Å². The number of imide groups is 1. The summed E-state index contributed by atoms with van der Waals surface area (Å²) in [7, 11) is 0. The minimum absolute atomic E-state index is 0. The summed E-state index contributed by atoms with van der Waals surface area (Å²) in [5, 5.41) is 22.1. The average Bonchev–Trinajstić information content (AvgIpc) is 3.62. The van der Waals surface area contributed by atoms with E-state index >= 15 is 0 Å². The summed E-state index contributed by atoms with van der Waals surface area (Å²) in [5.74, 6) is -1.52. The molecule has 0 aromatic heterocycles. The van der Waals surface area contributed by atoms with Gasteiger partial charge in [0.05, 0.1) is 24.9 Å². The van der Waals surface area contributed by atoms with Gasteiger partial charge in [0.15, 0.2) is 0 Å². The Morgan fingerprint density at radius 3 is 2.32 bits per heavy atom. The molecule has 1 aliphatic rings. The largest absolute Gasteiger partial charge is 0.390 e. The van der Waals surface area contributed by atoms with Crippen molar-refractivity contribution in [1.29, 1.82) is 0 Å². The highest BCUT2D eigenvalue weighted by Crippen LogP contribution is 2.23. The molecule has 4 N–H and O–H groups in total. The molecule has 3 amide bonds. The fraction of sp³-hybridized carbons (Fsp3) is 0.486. The lowest BCUT2D eigenvalue weighted by atomic mass is 9.96. The number of amides is 3. The molecule has 1 fully saturated rings. The summed E-state index contributed by atoms with van der Waals surface area (Å²) in [6.07, 6.45) is 1.81. The Kier molecular flexibility index (Phi) is 15.8. The van der Waals surface area contributed by atoms with Gasteiger partial charge in [0.2, 0.25) is 17.7 Å². The average molecular weight is 667 g/mol. The first-order valence-corrected chi connectivity index (χ1v) is 16.7. The molecule has 4 rings (SSSR count). The molecule has 1 heterocycles. The van der Waals surface area contributed by atoms with E-state index in [4.69, 9.17) is 4.74 Å². The Hall–Kier alpha value is -3.34. The van der Waals surface area contributed by atoms with Gasteiger partial charge in [0.25, 0.3) is 0 Å². The summed E-state index contributed by atoms with van der Waals surface area (Å²) in [6, 6.07) is 22.3. The molecule has 10 heteroatoms. The van der Waals surface area contributed by atoms with E-state index in [1.165, 1.54) is 4.90 Å². The molecule has 4 atom stereocenters. The van der Waals surface area contributed by atoms with E-state index in [1.807, 2.05) is 93.6 Å². The first kappa shape index (κ1) is 38.1. The minimum Gasteiger partial charge on any atom is -0.390 e. The van der Waals surface area contributed by atoms with Crippen molar-refractivity contribution in [3.05, 3.63) is 83.9 Å². The highest BCUT2D eigenvalue weighted by molar-refractivity contribution is 6.03. The van der Waals surface area contributed by atoms with Crippen LogP contribution in [0.15, 0.2) is 72.8 Å². The molecule has 0 bridgehead atoms. The molecule has 1 saturated heterocycles. The van der Waals surface area contributed by atoms with Crippen molar-refractivity contribution in [3.8, 4) is 0 Å². The minimum atomic E-state index is -1.06.